The summed E-state index contributed by atoms with van der Waals surface area (Å²) in [4.78, 5) is 27.8. The Morgan fingerprint density at radius 1 is 1.09 bits per heavy atom. The van der Waals surface area contributed by atoms with Crippen molar-refractivity contribution in [1.29, 1.82) is 0 Å². The van der Waals surface area contributed by atoms with Gasteiger partial charge >= 0.3 is 0 Å². The third-order valence-corrected chi connectivity index (χ3v) is 6.55. The van der Waals surface area contributed by atoms with Crippen molar-refractivity contribution < 1.29 is 14.3 Å². The lowest BCUT2D eigenvalue weighted by molar-refractivity contribution is -0.142. The van der Waals surface area contributed by atoms with E-state index in [-0.39, 0.29) is 24.5 Å². The number of ether oxygens (including phenoxy) is 1. The summed E-state index contributed by atoms with van der Waals surface area (Å²) in [5.41, 5.74) is 2.17. The van der Waals surface area contributed by atoms with Gasteiger partial charge in [-0.3, -0.25) is 9.59 Å². The van der Waals surface area contributed by atoms with Crippen molar-refractivity contribution in [1.82, 2.24) is 10.2 Å². The van der Waals surface area contributed by atoms with Gasteiger partial charge in [-0.25, -0.2) is 0 Å². The molecule has 0 spiro atoms. The zero-order valence-electron chi connectivity index (χ0n) is 19.0. The fourth-order valence-electron chi connectivity index (χ4n) is 4.03. The van der Waals surface area contributed by atoms with Crippen LogP contribution < -0.4 is 10.1 Å². The molecule has 32 heavy (non-hydrogen) atoms. The highest BCUT2D eigenvalue weighted by molar-refractivity contribution is 9.10. The topological polar surface area (TPSA) is 58.6 Å². The number of hydrogen-bond donors (Lipinski definition) is 1. The molecule has 1 N–H and O–H groups in total. The first-order valence-electron chi connectivity index (χ1n) is 11.5. The van der Waals surface area contributed by atoms with Crippen LogP contribution in [0.4, 0.5) is 0 Å². The molecule has 0 bridgehead atoms. The van der Waals surface area contributed by atoms with Crippen LogP contribution in [0.2, 0.25) is 0 Å². The van der Waals surface area contributed by atoms with Crippen LogP contribution in [0.15, 0.2) is 53.0 Å². The van der Waals surface area contributed by atoms with Gasteiger partial charge in [0, 0.05) is 17.1 Å². The van der Waals surface area contributed by atoms with E-state index in [0.29, 0.717) is 12.3 Å². The second-order valence-electron chi connectivity index (χ2n) is 8.46. The monoisotopic (exact) mass is 500 g/mol. The Morgan fingerprint density at radius 2 is 1.81 bits per heavy atom. The maximum Gasteiger partial charge on any atom is 0.261 e. The molecule has 0 saturated heterocycles. The minimum absolute atomic E-state index is 0.104. The third kappa shape index (κ3) is 7.09. The molecule has 1 saturated carbocycles. The summed E-state index contributed by atoms with van der Waals surface area (Å²) in [5.74, 6) is 0.334. The maximum atomic E-state index is 13.2. The van der Waals surface area contributed by atoms with E-state index in [9.17, 15) is 9.59 Å². The molecule has 1 atom stereocenters. The summed E-state index contributed by atoms with van der Waals surface area (Å²) in [7, 11) is 0. The first-order chi connectivity index (χ1) is 15.5. The van der Waals surface area contributed by atoms with Gasteiger partial charge < -0.3 is 15.0 Å². The second kappa shape index (κ2) is 12.0. The zero-order valence-corrected chi connectivity index (χ0v) is 20.6. The molecule has 0 unspecified atom stereocenters. The lowest BCUT2D eigenvalue weighted by Gasteiger charge is -2.31. The van der Waals surface area contributed by atoms with Crippen molar-refractivity contribution in [3.63, 3.8) is 0 Å². The van der Waals surface area contributed by atoms with E-state index < -0.39 is 6.04 Å². The van der Waals surface area contributed by atoms with E-state index in [1.54, 1.807) is 11.8 Å². The first-order valence-corrected chi connectivity index (χ1v) is 12.3. The smallest absolute Gasteiger partial charge is 0.261 e. The quantitative estimate of drug-likeness (QED) is 0.510. The summed E-state index contributed by atoms with van der Waals surface area (Å²) in [6.07, 6.45) is 6.48. The Morgan fingerprint density at radius 3 is 2.47 bits per heavy atom. The van der Waals surface area contributed by atoms with Gasteiger partial charge in [0.15, 0.2) is 6.61 Å². The Balaban J connectivity index is 1.69. The van der Waals surface area contributed by atoms with E-state index >= 15 is 0 Å². The number of carbonyl (C=O) groups is 2. The number of rotatable bonds is 9. The summed E-state index contributed by atoms with van der Waals surface area (Å²) in [6.45, 7) is 4.12. The SMILES string of the molecule is CCc1ccc(OCC(=O)N(Cc2cccc(Br)c2)[C@@H](C)C(=O)NC2CCCCC2)cc1. The molecule has 172 valence electrons. The van der Waals surface area contributed by atoms with Gasteiger partial charge in [0.05, 0.1) is 0 Å². The molecule has 0 heterocycles. The largest absolute Gasteiger partial charge is 0.484 e. The minimum Gasteiger partial charge on any atom is -0.484 e. The fraction of sp³-hybridized carbons (Fsp3) is 0.462. The van der Waals surface area contributed by atoms with Crippen LogP contribution in [0.25, 0.3) is 0 Å². The average Bonchev–Trinajstić information content (AvgIpc) is 2.81. The van der Waals surface area contributed by atoms with Gasteiger partial charge in [-0.05, 0) is 61.6 Å². The molecule has 2 amide bonds. The predicted octanol–water partition coefficient (Wildman–Crippen LogP) is 5.26. The van der Waals surface area contributed by atoms with Crippen molar-refractivity contribution in [3.05, 3.63) is 64.1 Å². The van der Waals surface area contributed by atoms with Gasteiger partial charge in [-0.1, -0.05) is 66.4 Å². The van der Waals surface area contributed by atoms with Crippen molar-refractivity contribution in [2.24, 2.45) is 0 Å². The Labute approximate surface area is 199 Å². The van der Waals surface area contributed by atoms with E-state index in [2.05, 4.69) is 28.2 Å². The fourth-order valence-corrected chi connectivity index (χ4v) is 4.48. The molecule has 1 aliphatic carbocycles. The van der Waals surface area contributed by atoms with E-state index in [0.717, 1.165) is 42.1 Å². The molecule has 2 aromatic rings. The van der Waals surface area contributed by atoms with Crippen molar-refractivity contribution in [2.45, 2.75) is 71.0 Å². The van der Waals surface area contributed by atoms with Gasteiger partial charge in [-0.2, -0.15) is 0 Å². The standard InChI is InChI=1S/C26H33BrN2O3/c1-3-20-12-14-24(15-13-20)32-18-25(30)29(17-21-8-7-9-22(27)16-21)19(2)26(31)28-23-10-5-4-6-11-23/h7-9,12-16,19,23H,3-6,10-11,17-18H2,1-2H3,(H,28,31)/t19-/m0/s1. The summed E-state index contributed by atoms with van der Waals surface area (Å²) in [5, 5.41) is 3.15. The molecule has 1 fully saturated rings. The molecular formula is C26H33BrN2O3. The van der Waals surface area contributed by atoms with Gasteiger partial charge in [0.1, 0.15) is 11.8 Å². The molecule has 2 aromatic carbocycles. The zero-order chi connectivity index (χ0) is 22.9. The maximum absolute atomic E-state index is 13.2. The van der Waals surface area contributed by atoms with Gasteiger partial charge in [0.2, 0.25) is 5.91 Å². The van der Waals surface area contributed by atoms with Crippen LogP contribution in [0.5, 0.6) is 5.75 Å². The number of carbonyl (C=O) groups excluding carboxylic acids is 2. The van der Waals surface area contributed by atoms with Crippen molar-refractivity contribution >= 4 is 27.7 Å². The van der Waals surface area contributed by atoms with E-state index in [1.165, 1.54) is 12.0 Å². The molecule has 6 heteroatoms. The minimum atomic E-state index is -0.588. The number of nitrogens with one attached hydrogen (secondary N) is 1. The molecule has 5 nitrogen and oxygen atoms in total. The van der Waals surface area contributed by atoms with Crippen molar-refractivity contribution in [3.8, 4) is 5.75 Å². The normalized spacial score (nSPS) is 15.1. The molecule has 0 aromatic heterocycles. The third-order valence-electron chi connectivity index (χ3n) is 6.05. The Hall–Kier alpha value is -2.34. The molecular weight excluding hydrogens is 468 g/mol. The number of nitrogens with zero attached hydrogens (tertiary/aromatic N) is 1. The molecule has 0 radical (unpaired) electrons. The van der Waals surface area contributed by atoms with E-state index in [1.807, 2.05) is 48.5 Å². The average molecular weight is 501 g/mol. The molecule has 3 rings (SSSR count). The lowest BCUT2D eigenvalue weighted by atomic mass is 9.95. The summed E-state index contributed by atoms with van der Waals surface area (Å²) in [6, 6.07) is 15.2. The number of halogens is 1. The summed E-state index contributed by atoms with van der Waals surface area (Å²) < 4.78 is 6.70. The first kappa shape index (κ1) is 24.3. The van der Waals surface area contributed by atoms with Gasteiger partial charge in [-0.15, -0.1) is 0 Å². The number of hydrogen-bond acceptors (Lipinski definition) is 3. The highest BCUT2D eigenvalue weighted by Gasteiger charge is 2.28. The highest BCUT2D eigenvalue weighted by atomic mass is 79.9. The predicted molar refractivity (Wildman–Crippen MR) is 130 cm³/mol. The van der Waals surface area contributed by atoms with Crippen LogP contribution in [0.1, 0.15) is 57.1 Å². The van der Waals surface area contributed by atoms with Crippen LogP contribution >= 0.6 is 15.9 Å². The molecule has 1 aliphatic rings. The Bertz CT molecular complexity index is 894. The summed E-state index contributed by atoms with van der Waals surface area (Å²) >= 11 is 3.49. The highest BCUT2D eigenvalue weighted by Crippen LogP contribution is 2.19. The van der Waals surface area contributed by atoms with Crippen molar-refractivity contribution in [2.75, 3.05) is 6.61 Å². The number of aryl methyl sites for hydroxylation is 1. The second-order valence-corrected chi connectivity index (χ2v) is 9.37. The Kier molecular flexibility index (Phi) is 9.15. The van der Waals surface area contributed by atoms with Gasteiger partial charge in [0.25, 0.3) is 5.91 Å². The van der Waals surface area contributed by atoms with Crippen LogP contribution in [0, 0.1) is 0 Å². The van der Waals surface area contributed by atoms with Crippen LogP contribution in [-0.4, -0.2) is 35.4 Å². The van der Waals surface area contributed by atoms with Crippen LogP contribution in [-0.2, 0) is 22.6 Å². The van der Waals surface area contributed by atoms with Crippen LogP contribution in [0.3, 0.4) is 0 Å². The van der Waals surface area contributed by atoms with E-state index in [4.69, 9.17) is 4.74 Å². The number of benzene rings is 2. The lowest BCUT2D eigenvalue weighted by Crippen LogP contribution is -2.51. The molecule has 0 aliphatic heterocycles. The number of amides is 2.